The van der Waals surface area contributed by atoms with Crippen LogP contribution in [0.1, 0.15) is 18.4 Å². The predicted octanol–water partition coefficient (Wildman–Crippen LogP) is -0.517. The lowest BCUT2D eigenvalue weighted by Crippen LogP contribution is -2.37. The number of hydrogen-bond acceptors (Lipinski definition) is 5. The number of para-hydroxylation sites is 1. The van der Waals surface area contributed by atoms with Gasteiger partial charge in [0.25, 0.3) is 5.91 Å². The summed E-state index contributed by atoms with van der Waals surface area (Å²) < 4.78 is 26.4. The van der Waals surface area contributed by atoms with Gasteiger partial charge in [0, 0.05) is 19.5 Å². The minimum Gasteiger partial charge on any atom is -0.355 e. The van der Waals surface area contributed by atoms with E-state index in [1.165, 1.54) is 4.31 Å². The van der Waals surface area contributed by atoms with Gasteiger partial charge in [0.05, 0.1) is 11.4 Å². The van der Waals surface area contributed by atoms with Crippen molar-refractivity contribution in [2.75, 3.05) is 23.1 Å². The van der Waals surface area contributed by atoms with Crippen LogP contribution >= 0.6 is 0 Å². The Morgan fingerprint density at radius 1 is 1.27 bits per heavy atom. The fraction of sp³-hybridized carbons (Fsp3) is 0.438. The zero-order valence-electron chi connectivity index (χ0n) is 14.0. The van der Waals surface area contributed by atoms with E-state index in [1.807, 2.05) is 12.1 Å². The van der Waals surface area contributed by atoms with Gasteiger partial charge in [-0.3, -0.25) is 19.2 Å². The Hall–Kier alpha value is -2.62. The van der Waals surface area contributed by atoms with Crippen LogP contribution in [0.25, 0.3) is 0 Å². The summed E-state index contributed by atoms with van der Waals surface area (Å²) in [5.41, 5.74) is 1.69. The molecule has 2 aliphatic heterocycles. The second-order valence-corrected chi connectivity index (χ2v) is 8.18. The van der Waals surface area contributed by atoms with Crippen molar-refractivity contribution in [2.45, 2.75) is 25.3 Å². The lowest BCUT2D eigenvalue weighted by Gasteiger charge is -2.19. The standard InChI is InChI=1S/C16H20N4O5S/c21-14(6-5-12-15(22)19-16(23)18-12)17-8-10-26(24,25)20-9-7-11-3-1-2-4-13(11)20/h1-4,12H,5-10H2,(H,17,21)(H2,18,19,22,23). The second-order valence-electron chi connectivity index (χ2n) is 6.17. The van der Waals surface area contributed by atoms with Gasteiger partial charge in [0.1, 0.15) is 6.04 Å². The van der Waals surface area contributed by atoms with E-state index < -0.39 is 28.0 Å². The molecule has 0 spiro atoms. The van der Waals surface area contributed by atoms with Crippen LogP contribution in [0.5, 0.6) is 0 Å². The van der Waals surface area contributed by atoms with Gasteiger partial charge < -0.3 is 10.6 Å². The van der Waals surface area contributed by atoms with E-state index >= 15 is 0 Å². The molecule has 0 radical (unpaired) electrons. The van der Waals surface area contributed by atoms with E-state index in [9.17, 15) is 22.8 Å². The van der Waals surface area contributed by atoms with Crippen molar-refractivity contribution in [3.8, 4) is 0 Å². The van der Waals surface area contributed by atoms with E-state index in [0.717, 1.165) is 5.56 Å². The molecule has 140 valence electrons. The van der Waals surface area contributed by atoms with Gasteiger partial charge in [-0.05, 0) is 24.5 Å². The Bertz CT molecular complexity index is 839. The highest BCUT2D eigenvalue weighted by Crippen LogP contribution is 2.29. The van der Waals surface area contributed by atoms with Crippen molar-refractivity contribution in [3.05, 3.63) is 29.8 Å². The normalized spacial score (nSPS) is 19.1. The number of carbonyl (C=O) groups excluding carboxylic acids is 3. The number of amides is 4. The number of rotatable bonds is 7. The molecule has 1 aromatic rings. The molecule has 3 N–H and O–H groups in total. The summed E-state index contributed by atoms with van der Waals surface area (Å²) in [6.07, 6.45) is 0.859. The molecule has 4 amide bonds. The molecule has 0 saturated carbocycles. The van der Waals surface area contributed by atoms with Gasteiger partial charge in [0.2, 0.25) is 15.9 Å². The smallest absolute Gasteiger partial charge is 0.322 e. The molecule has 9 nitrogen and oxygen atoms in total. The average Bonchev–Trinajstić information content (AvgIpc) is 3.16. The summed E-state index contributed by atoms with van der Waals surface area (Å²) in [5, 5.41) is 7.04. The first kappa shape index (κ1) is 18.2. The molecular weight excluding hydrogens is 360 g/mol. The highest BCUT2D eigenvalue weighted by molar-refractivity contribution is 7.92. The molecule has 0 aromatic heterocycles. The van der Waals surface area contributed by atoms with Crippen molar-refractivity contribution >= 4 is 33.6 Å². The van der Waals surface area contributed by atoms with E-state index in [-0.39, 0.29) is 31.0 Å². The first-order valence-corrected chi connectivity index (χ1v) is 9.94. The van der Waals surface area contributed by atoms with Crippen molar-refractivity contribution in [1.82, 2.24) is 16.0 Å². The Balaban J connectivity index is 1.45. The number of sulfonamides is 1. The van der Waals surface area contributed by atoms with Crippen LogP contribution in [0.2, 0.25) is 0 Å². The Morgan fingerprint density at radius 3 is 2.77 bits per heavy atom. The van der Waals surface area contributed by atoms with Crippen LogP contribution in [-0.4, -0.2) is 51.1 Å². The van der Waals surface area contributed by atoms with Crippen molar-refractivity contribution in [3.63, 3.8) is 0 Å². The van der Waals surface area contributed by atoms with Crippen LogP contribution in [0.4, 0.5) is 10.5 Å². The van der Waals surface area contributed by atoms with Crippen LogP contribution in [-0.2, 0) is 26.0 Å². The number of nitrogens with zero attached hydrogens (tertiary/aromatic N) is 1. The lowest BCUT2D eigenvalue weighted by molar-refractivity contribution is -0.122. The second kappa shape index (κ2) is 7.32. The molecule has 0 aliphatic carbocycles. The maximum Gasteiger partial charge on any atom is 0.322 e. The molecule has 26 heavy (non-hydrogen) atoms. The van der Waals surface area contributed by atoms with Crippen LogP contribution in [0.3, 0.4) is 0 Å². The van der Waals surface area contributed by atoms with E-state index in [0.29, 0.717) is 18.7 Å². The summed E-state index contributed by atoms with van der Waals surface area (Å²) in [6.45, 7) is 0.398. The van der Waals surface area contributed by atoms with Gasteiger partial charge >= 0.3 is 6.03 Å². The molecule has 0 bridgehead atoms. The fourth-order valence-corrected chi connectivity index (χ4v) is 4.48. The third kappa shape index (κ3) is 3.96. The highest BCUT2D eigenvalue weighted by atomic mass is 32.2. The number of anilines is 1. The van der Waals surface area contributed by atoms with Gasteiger partial charge in [-0.2, -0.15) is 0 Å². The SMILES string of the molecule is O=C(CCC1NC(=O)NC1=O)NCCS(=O)(=O)N1CCc2ccccc21. The van der Waals surface area contributed by atoms with E-state index in [2.05, 4.69) is 16.0 Å². The summed E-state index contributed by atoms with van der Waals surface area (Å²) >= 11 is 0. The van der Waals surface area contributed by atoms with Gasteiger partial charge in [-0.1, -0.05) is 18.2 Å². The van der Waals surface area contributed by atoms with Crippen molar-refractivity contribution in [2.24, 2.45) is 0 Å². The number of hydrogen-bond donors (Lipinski definition) is 3. The first-order valence-electron chi connectivity index (χ1n) is 8.33. The Kier molecular flexibility index (Phi) is 5.12. The summed E-state index contributed by atoms with van der Waals surface area (Å²) in [4.78, 5) is 34.2. The minimum atomic E-state index is -3.52. The Morgan fingerprint density at radius 2 is 2.04 bits per heavy atom. The number of nitrogens with one attached hydrogen (secondary N) is 3. The van der Waals surface area contributed by atoms with Crippen molar-refractivity contribution in [1.29, 1.82) is 0 Å². The predicted molar refractivity (Wildman–Crippen MR) is 94.0 cm³/mol. The molecule has 2 aliphatic rings. The van der Waals surface area contributed by atoms with Gasteiger partial charge in [0.15, 0.2) is 0 Å². The number of benzene rings is 1. The Labute approximate surface area is 151 Å². The third-order valence-electron chi connectivity index (χ3n) is 4.38. The molecule has 1 fully saturated rings. The van der Waals surface area contributed by atoms with Crippen LogP contribution in [0, 0.1) is 0 Å². The number of carbonyl (C=O) groups is 3. The zero-order valence-corrected chi connectivity index (χ0v) is 14.8. The van der Waals surface area contributed by atoms with Gasteiger partial charge in [-0.25, -0.2) is 13.2 Å². The van der Waals surface area contributed by atoms with Crippen LogP contribution in [0.15, 0.2) is 24.3 Å². The molecule has 1 aromatic carbocycles. The molecule has 10 heteroatoms. The summed E-state index contributed by atoms with van der Waals surface area (Å²) in [6, 6.07) is 6.06. The summed E-state index contributed by atoms with van der Waals surface area (Å²) in [5.74, 6) is -1.03. The maximum atomic E-state index is 12.5. The average molecular weight is 380 g/mol. The molecule has 2 heterocycles. The quantitative estimate of drug-likeness (QED) is 0.549. The topological polar surface area (TPSA) is 125 Å². The molecule has 1 unspecified atom stereocenters. The number of imide groups is 1. The number of urea groups is 1. The van der Waals surface area contributed by atoms with E-state index in [1.54, 1.807) is 12.1 Å². The lowest BCUT2D eigenvalue weighted by atomic mass is 10.1. The summed E-state index contributed by atoms with van der Waals surface area (Å²) in [7, 11) is -3.52. The molecule has 1 saturated heterocycles. The zero-order chi connectivity index (χ0) is 18.7. The largest absolute Gasteiger partial charge is 0.355 e. The monoisotopic (exact) mass is 380 g/mol. The third-order valence-corrected chi connectivity index (χ3v) is 6.15. The van der Waals surface area contributed by atoms with Crippen molar-refractivity contribution < 1.29 is 22.8 Å². The fourth-order valence-electron chi connectivity index (χ4n) is 3.05. The molecule has 3 rings (SSSR count). The molecular formula is C16H20N4O5S. The van der Waals surface area contributed by atoms with Crippen LogP contribution < -0.4 is 20.3 Å². The minimum absolute atomic E-state index is 0.0109. The highest BCUT2D eigenvalue weighted by Gasteiger charge is 2.30. The number of fused-ring (bicyclic) bond motifs is 1. The van der Waals surface area contributed by atoms with Gasteiger partial charge in [-0.15, -0.1) is 0 Å². The molecule has 1 atom stereocenters. The first-order chi connectivity index (χ1) is 12.4. The van der Waals surface area contributed by atoms with E-state index in [4.69, 9.17) is 0 Å². The maximum absolute atomic E-state index is 12.5.